The third kappa shape index (κ3) is 3.55. The third-order valence-corrected chi connectivity index (χ3v) is 3.87. The van der Waals surface area contributed by atoms with Gasteiger partial charge in [-0.05, 0) is 39.0 Å². The van der Waals surface area contributed by atoms with Crippen LogP contribution in [0.3, 0.4) is 0 Å². The molecular formula is C15H24N2O. The highest BCUT2D eigenvalue weighted by atomic mass is 16.3. The molecule has 2 unspecified atom stereocenters. The van der Waals surface area contributed by atoms with Gasteiger partial charge < -0.3 is 10.0 Å². The van der Waals surface area contributed by atoms with Crippen LogP contribution in [0.1, 0.15) is 24.5 Å². The van der Waals surface area contributed by atoms with Crippen molar-refractivity contribution in [3.8, 4) is 0 Å². The molecule has 0 saturated carbocycles. The summed E-state index contributed by atoms with van der Waals surface area (Å²) >= 11 is 0. The minimum absolute atomic E-state index is 0.386. The van der Waals surface area contributed by atoms with E-state index in [1.54, 1.807) is 0 Å². The zero-order chi connectivity index (χ0) is 13.0. The summed E-state index contributed by atoms with van der Waals surface area (Å²) in [5.41, 5.74) is 1.01. The standard InChI is InChI=1S/C15H24N2O/c1-16-10-6-9-14(11-16)17(2)12-15(18)13-7-4-3-5-8-13/h3-5,7-8,14-15,18H,6,9-12H2,1-2H3. The van der Waals surface area contributed by atoms with Crippen LogP contribution < -0.4 is 0 Å². The van der Waals surface area contributed by atoms with Gasteiger partial charge in [-0.15, -0.1) is 0 Å². The molecule has 1 aliphatic rings. The van der Waals surface area contributed by atoms with E-state index in [0.717, 1.165) is 12.1 Å². The molecule has 1 fully saturated rings. The molecule has 3 heteroatoms. The number of likely N-dealkylation sites (tertiary alicyclic amines) is 1. The fraction of sp³-hybridized carbons (Fsp3) is 0.600. The first-order chi connectivity index (χ1) is 8.66. The van der Waals surface area contributed by atoms with Crippen molar-refractivity contribution in [1.82, 2.24) is 9.80 Å². The summed E-state index contributed by atoms with van der Waals surface area (Å²) in [6.07, 6.45) is 2.11. The molecule has 0 aromatic heterocycles. The molecule has 1 aromatic rings. The molecule has 1 saturated heterocycles. The van der Waals surface area contributed by atoms with Crippen LogP contribution in [-0.4, -0.2) is 54.7 Å². The van der Waals surface area contributed by atoms with Gasteiger partial charge in [-0.2, -0.15) is 0 Å². The predicted molar refractivity (Wildman–Crippen MR) is 74.6 cm³/mol. The van der Waals surface area contributed by atoms with E-state index in [1.807, 2.05) is 30.3 Å². The molecule has 2 rings (SSSR count). The van der Waals surface area contributed by atoms with E-state index in [4.69, 9.17) is 0 Å². The van der Waals surface area contributed by atoms with Gasteiger partial charge in [0.25, 0.3) is 0 Å². The van der Waals surface area contributed by atoms with Gasteiger partial charge in [0.1, 0.15) is 0 Å². The summed E-state index contributed by atoms with van der Waals surface area (Å²) < 4.78 is 0. The van der Waals surface area contributed by atoms with Crippen molar-refractivity contribution < 1.29 is 5.11 Å². The van der Waals surface area contributed by atoms with Gasteiger partial charge in [-0.3, -0.25) is 4.90 Å². The van der Waals surface area contributed by atoms with E-state index >= 15 is 0 Å². The second-order valence-corrected chi connectivity index (χ2v) is 5.42. The Balaban J connectivity index is 1.88. The van der Waals surface area contributed by atoms with Crippen LogP contribution >= 0.6 is 0 Å². The molecule has 1 heterocycles. The number of rotatable bonds is 4. The lowest BCUT2D eigenvalue weighted by Crippen LogP contribution is -2.46. The maximum atomic E-state index is 10.2. The number of benzene rings is 1. The second kappa shape index (κ2) is 6.32. The molecule has 3 nitrogen and oxygen atoms in total. The van der Waals surface area contributed by atoms with Crippen LogP contribution in [0.15, 0.2) is 30.3 Å². The number of piperidine rings is 1. The van der Waals surface area contributed by atoms with Crippen molar-refractivity contribution in [2.24, 2.45) is 0 Å². The third-order valence-electron chi connectivity index (χ3n) is 3.87. The Hall–Kier alpha value is -0.900. The monoisotopic (exact) mass is 248 g/mol. The number of aliphatic hydroxyl groups excluding tert-OH is 1. The van der Waals surface area contributed by atoms with Gasteiger partial charge in [-0.25, -0.2) is 0 Å². The first kappa shape index (κ1) is 13.5. The van der Waals surface area contributed by atoms with Gasteiger partial charge in [-0.1, -0.05) is 30.3 Å². The molecule has 2 atom stereocenters. The summed E-state index contributed by atoms with van der Waals surface area (Å²) in [6, 6.07) is 10.5. The molecule has 0 radical (unpaired) electrons. The van der Waals surface area contributed by atoms with E-state index in [9.17, 15) is 5.11 Å². The van der Waals surface area contributed by atoms with Crippen LogP contribution in [0.5, 0.6) is 0 Å². The summed E-state index contributed by atoms with van der Waals surface area (Å²) in [5.74, 6) is 0. The van der Waals surface area contributed by atoms with Crippen molar-refractivity contribution >= 4 is 0 Å². The van der Waals surface area contributed by atoms with Gasteiger partial charge >= 0.3 is 0 Å². The van der Waals surface area contributed by atoms with Crippen molar-refractivity contribution in [2.75, 3.05) is 33.7 Å². The number of aliphatic hydroxyl groups is 1. The first-order valence-corrected chi connectivity index (χ1v) is 6.78. The Kier molecular flexibility index (Phi) is 4.75. The lowest BCUT2D eigenvalue weighted by Gasteiger charge is -2.36. The normalized spacial score (nSPS) is 23.2. The highest BCUT2D eigenvalue weighted by Gasteiger charge is 2.22. The average molecular weight is 248 g/mol. The van der Waals surface area contributed by atoms with Gasteiger partial charge in [0.2, 0.25) is 0 Å². The number of likely N-dealkylation sites (N-methyl/N-ethyl adjacent to an activating group) is 2. The number of hydrogen-bond donors (Lipinski definition) is 1. The average Bonchev–Trinajstić information content (AvgIpc) is 2.39. The topological polar surface area (TPSA) is 26.7 Å². The van der Waals surface area contributed by atoms with Crippen molar-refractivity contribution in [3.05, 3.63) is 35.9 Å². The summed E-state index contributed by atoms with van der Waals surface area (Å²) in [5, 5.41) is 10.2. The lowest BCUT2D eigenvalue weighted by molar-refractivity contribution is 0.0742. The Labute approximate surface area is 110 Å². The summed E-state index contributed by atoms with van der Waals surface area (Å²) in [7, 11) is 4.30. The number of nitrogens with zero attached hydrogens (tertiary/aromatic N) is 2. The van der Waals surface area contributed by atoms with Crippen molar-refractivity contribution in [3.63, 3.8) is 0 Å². The minimum Gasteiger partial charge on any atom is -0.387 e. The van der Waals surface area contributed by atoms with E-state index in [-0.39, 0.29) is 6.10 Å². The maximum Gasteiger partial charge on any atom is 0.0916 e. The van der Waals surface area contributed by atoms with E-state index in [1.165, 1.54) is 19.4 Å². The quantitative estimate of drug-likeness (QED) is 0.879. The fourth-order valence-electron chi connectivity index (χ4n) is 2.70. The van der Waals surface area contributed by atoms with Crippen molar-refractivity contribution in [1.29, 1.82) is 0 Å². The molecule has 100 valence electrons. The molecule has 18 heavy (non-hydrogen) atoms. The van der Waals surface area contributed by atoms with E-state index in [0.29, 0.717) is 12.6 Å². The van der Waals surface area contributed by atoms with E-state index in [2.05, 4.69) is 23.9 Å². The molecule has 1 aromatic carbocycles. The van der Waals surface area contributed by atoms with Gasteiger partial charge in [0.15, 0.2) is 0 Å². The Morgan fingerprint density at radius 3 is 2.78 bits per heavy atom. The smallest absolute Gasteiger partial charge is 0.0916 e. The maximum absolute atomic E-state index is 10.2. The van der Waals surface area contributed by atoms with Crippen LogP contribution in [0.2, 0.25) is 0 Å². The first-order valence-electron chi connectivity index (χ1n) is 6.78. The Morgan fingerprint density at radius 2 is 2.11 bits per heavy atom. The van der Waals surface area contributed by atoms with Crippen LogP contribution in [0, 0.1) is 0 Å². The molecule has 0 bridgehead atoms. The highest BCUT2D eigenvalue weighted by molar-refractivity contribution is 5.17. The summed E-state index contributed by atoms with van der Waals surface area (Å²) in [6.45, 7) is 3.02. The van der Waals surface area contributed by atoms with Crippen LogP contribution in [0.4, 0.5) is 0 Å². The molecule has 1 aliphatic heterocycles. The SMILES string of the molecule is CN1CCCC(N(C)CC(O)c2ccccc2)C1. The highest BCUT2D eigenvalue weighted by Crippen LogP contribution is 2.18. The Bertz CT molecular complexity index is 355. The second-order valence-electron chi connectivity index (χ2n) is 5.42. The fourth-order valence-corrected chi connectivity index (χ4v) is 2.70. The molecule has 0 aliphatic carbocycles. The molecule has 1 N–H and O–H groups in total. The van der Waals surface area contributed by atoms with Crippen LogP contribution in [-0.2, 0) is 0 Å². The predicted octanol–water partition coefficient (Wildman–Crippen LogP) is 1.75. The Morgan fingerprint density at radius 1 is 1.39 bits per heavy atom. The lowest BCUT2D eigenvalue weighted by atomic mass is 10.0. The minimum atomic E-state index is -0.386. The van der Waals surface area contributed by atoms with Gasteiger partial charge in [0, 0.05) is 19.1 Å². The van der Waals surface area contributed by atoms with Crippen molar-refractivity contribution in [2.45, 2.75) is 25.0 Å². The molecule has 0 spiro atoms. The van der Waals surface area contributed by atoms with E-state index < -0.39 is 0 Å². The summed E-state index contributed by atoms with van der Waals surface area (Å²) in [4.78, 5) is 4.67. The zero-order valence-corrected chi connectivity index (χ0v) is 11.4. The van der Waals surface area contributed by atoms with Gasteiger partial charge in [0.05, 0.1) is 6.10 Å². The molecular weight excluding hydrogens is 224 g/mol. The number of hydrogen-bond acceptors (Lipinski definition) is 3. The van der Waals surface area contributed by atoms with Crippen LogP contribution in [0.25, 0.3) is 0 Å². The zero-order valence-electron chi connectivity index (χ0n) is 11.4. The largest absolute Gasteiger partial charge is 0.387 e. The molecule has 0 amide bonds.